The third kappa shape index (κ3) is 4.94. The van der Waals surface area contributed by atoms with Gasteiger partial charge in [0.05, 0.1) is 13.2 Å². The third-order valence-corrected chi connectivity index (χ3v) is 3.16. The standard InChI is InChI=1S/C12H26N2O2/c1-7-11(2,3)13-10(16)8-14(6)12(4,5)9-15/h15H,7-9H2,1-6H3,(H,13,16). The number of aliphatic hydroxyl groups is 1. The molecule has 0 unspecified atom stereocenters. The van der Waals surface area contributed by atoms with Crippen molar-refractivity contribution in [1.29, 1.82) is 0 Å². The highest BCUT2D eigenvalue weighted by molar-refractivity contribution is 5.78. The van der Waals surface area contributed by atoms with Crippen molar-refractivity contribution in [2.24, 2.45) is 0 Å². The maximum atomic E-state index is 11.8. The fraction of sp³-hybridized carbons (Fsp3) is 0.917. The van der Waals surface area contributed by atoms with Crippen LogP contribution in [0, 0.1) is 0 Å². The monoisotopic (exact) mass is 230 g/mol. The molecular weight excluding hydrogens is 204 g/mol. The summed E-state index contributed by atoms with van der Waals surface area (Å²) < 4.78 is 0. The molecule has 0 rings (SSSR count). The summed E-state index contributed by atoms with van der Waals surface area (Å²) in [5.74, 6) is -0.00382. The summed E-state index contributed by atoms with van der Waals surface area (Å²) in [6.45, 7) is 10.2. The van der Waals surface area contributed by atoms with Gasteiger partial charge in [0.15, 0.2) is 0 Å². The number of rotatable bonds is 6. The average Bonchev–Trinajstić information content (AvgIpc) is 2.16. The van der Waals surface area contributed by atoms with Gasteiger partial charge in [-0.1, -0.05) is 6.92 Å². The van der Waals surface area contributed by atoms with Crippen LogP contribution in [0.5, 0.6) is 0 Å². The molecule has 0 aromatic carbocycles. The third-order valence-electron chi connectivity index (χ3n) is 3.16. The topological polar surface area (TPSA) is 52.6 Å². The molecule has 4 heteroatoms. The van der Waals surface area contributed by atoms with Crippen LogP contribution >= 0.6 is 0 Å². The molecule has 0 bridgehead atoms. The van der Waals surface area contributed by atoms with Crippen LogP contribution in [-0.2, 0) is 4.79 Å². The van der Waals surface area contributed by atoms with Crippen LogP contribution in [-0.4, -0.2) is 47.2 Å². The number of likely N-dealkylation sites (N-methyl/N-ethyl adjacent to an activating group) is 1. The van der Waals surface area contributed by atoms with Crippen LogP contribution in [0.3, 0.4) is 0 Å². The Bertz CT molecular complexity index is 237. The molecule has 0 heterocycles. The minimum absolute atomic E-state index is 0.00382. The Balaban J connectivity index is 4.26. The first-order valence-electron chi connectivity index (χ1n) is 5.78. The largest absolute Gasteiger partial charge is 0.394 e. The van der Waals surface area contributed by atoms with Gasteiger partial charge in [0.1, 0.15) is 0 Å². The van der Waals surface area contributed by atoms with Crippen LogP contribution < -0.4 is 5.32 Å². The van der Waals surface area contributed by atoms with E-state index in [9.17, 15) is 9.90 Å². The van der Waals surface area contributed by atoms with Gasteiger partial charge in [0.2, 0.25) is 5.91 Å². The fourth-order valence-electron chi connectivity index (χ4n) is 1.06. The summed E-state index contributed by atoms with van der Waals surface area (Å²) >= 11 is 0. The Morgan fingerprint density at radius 3 is 2.19 bits per heavy atom. The highest BCUT2D eigenvalue weighted by Gasteiger charge is 2.26. The van der Waals surface area contributed by atoms with Gasteiger partial charge in [-0.05, 0) is 41.2 Å². The zero-order valence-corrected chi connectivity index (χ0v) is 11.4. The van der Waals surface area contributed by atoms with Gasteiger partial charge in [0.25, 0.3) is 0 Å². The van der Waals surface area contributed by atoms with Crippen molar-refractivity contribution in [3.63, 3.8) is 0 Å². The van der Waals surface area contributed by atoms with Crippen LogP contribution in [0.15, 0.2) is 0 Å². The first-order valence-corrected chi connectivity index (χ1v) is 5.78. The molecule has 1 amide bonds. The molecule has 0 aliphatic heterocycles. The van der Waals surface area contributed by atoms with Gasteiger partial charge in [-0.2, -0.15) is 0 Å². The number of hydrogen-bond acceptors (Lipinski definition) is 3. The molecular formula is C12H26N2O2. The zero-order valence-electron chi connectivity index (χ0n) is 11.4. The van der Waals surface area contributed by atoms with Crippen LogP contribution in [0.1, 0.15) is 41.0 Å². The lowest BCUT2D eigenvalue weighted by molar-refractivity contribution is -0.125. The maximum absolute atomic E-state index is 11.8. The summed E-state index contributed by atoms with van der Waals surface area (Å²) in [5.41, 5.74) is -0.533. The van der Waals surface area contributed by atoms with Gasteiger partial charge in [0, 0.05) is 11.1 Å². The predicted molar refractivity (Wildman–Crippen MR) is 66.3 cm³/mol. The summed E-state index contributed by atoms with van der Waals surface area (Å²) in [5, 5.41) is 12.2. The molecule has 0 saturated heterocycles. The van der Waals surface area contributed by atoms with Crippen LogP contribution in [0.2, 0.25) is 0 Å². The molecule has 4 nitrogen and oxygen atoms in total. The summed E-state index contributed by atoms with van der Waals surface area (Å²) in [6, 6.07) is 0. The van der Waals surface area contributed by atoms with Crippen molar-refractivity contribution in [3.05, 3.63) is 0 Å². The number of nitrogens with one attached hydrogen (secondary N) is 1. The van der Waals surface area contributed by atoms with Crippen molar-refractivity contribution in [2.75, 3.05) is 20.2 Å². The number of carbonyl (C=O) groups excluding carboxylic acids is 1. The van der Waals surface area contributed by atoms with Gasteiger partial charge < -0.3 is 10.4 Å². The normalized spacial score (nSPS) is 13.0. The van der Waals surface area contributed by atoms with Gasteiger partial charge >= 0.3 is 0 Å². The van der Waals surface area contributed by atoms with E-state index >= 15 is 0 Å². The van der Waals surface area contributed by atoms with Crippen molar-refractivity contribution < 1.29 is 9.90 Å². The molecule has 0 radical (unpaired) electrons. The molecule has 0 aliphatic carbocycles. The zero-order chi connectivity index (χ0) is 13.0. The van der Waals surface area contributed by atoms with E-state index in [1.807, 2.05) is 46.6 Å². The second-order valence-electron chi connectivity index (χ2n) is 5.61. The first-order chi connectivity index (χ1) is 7.14. The Labute approximate surface area is 99.0 Å². The fourth-order valence-corrected chi connectivity index (χ4v) is 1.06. The maximum Gasteiger partial charge on any atom is 0.234 e. The van der Waals surface area contributed by atoms with E-state index in [1.54, 1.807) is 0 Å². The van der Waals surface area contributed by atoms with E-state index in [1.165, 1.54) is 0 Å². The molecule has 0 aromatic heterocycles. The Morgan fingerprint density at radius 1 is 1.31 bits per heavy atom. The molecule has 0 fully saturated rings. The van der Waals surface area contributed by atoms with Gasteiger partial charge in [-0.3, -0.25) is 9.69 Å². The number of nitrogens with zero attached hydrogens (tertiary/aromatic N) is 1. The number of carbonyl (C=O) groups is 1. The second kappa shape index (κ2) is 5.64. The summed E-state index contributed by atoms with van der Waals surface area (Å²) in [4.78, 5) is 13.6. The smallest absolute Gasteiger partial charge is 0.234 e. The van der Waals surface area contributed by atoms with E-state index < -0.39 is 0 Å². The van der Waals surface area contributed by atoms with E-state index in [4.69, 9.17) is 0 Å². The van der Waals surface area contributed by atoms with E-state index in [0.717, 1.165) is 6.42 Å². The SMILES string of the molecule is CCC(C)(C)NC(=O)CN(C)C(C)(C)CO. The Hall–Kier alpha value is -0.610. The molecule has 96 valence electrons. The number of amides is 1. The molecule has 0 aliphatic rings. The molecule has 0 atom stereocenters. The number of hydrogen-bond donors (Lipinski definition) is 2. The quantitative estimate of drug-likeness (QED) is 0.715. The van der Waals surface area contributed by atoms with E-state index in [-0.39, 0.29) is 23.6 Å². The van der Waals surface area contributed by atoms with E-state index in [0.29, 0.717) is 6.54 Å². The molecule has 0 aromatic rings. The molecule has 0 spiro atoms. The first kappa shape index (κ1) is 15.4. The minimum atomic E-state index is -0.367. The second-order valence-corrected chi connectivity index (χ2v) is 5.61. The predicted octanol–water partition coefficient (Wildman–Crippen LogP) is 0.994. The van der Waals surface area contributed by atoms with Gasteiger partial charge in [-0.25, -0.2) is 0 Å². The van der Waals surface area contributed by atoms with Gasteiger partial charge in [-0.15, -0.1) is 0 Å². The summed E-state index contributed by atoms with van der Waals surface area (Å²) in [6.07, 6.45) is 0.895. The lowest BCUT2D eigenvalue weighted by Gasteiger charge is -2.34. The van der Waals surface area contributed by atoms with Crippen molar-refractivity contribution >= 4 is 5.91 Å². The molecule has 0 saturated carbocycles. The van der Waals surface area contributed by atoms with Crippen molar-refractivity contribution in [3.8, 4) is 0 Å². The van der Waals surface area contributed by atoms with E-state index in [2.05, 4.69) is 5.32 Å². The minimum Gasteiger partial charge on any atom is -0.394 e. The Morgan fingerprint density at radius 2 is 1.81 bits per heavy atom. The van der Waals surface area contributed by atoms with Crippen LogP contribution in [0.4, 0.5) is 0 Å². The summed E-state index contributed by atoms with van der Waals surface area (Å²) in [7, 11) is 1.84. The lowest BCUT2D eigenvalue weighted by Crippen LogP contribution is -2.52. The lowest BCUT2D eigenvalue weighted by atomic mass is 10.0. The number of aliphatic hydroxyl groups excluding tert-OH is 1. The average molecular weight is 230 g/mol. The highest BCUT2D eigenvalue weighted by atomic mass is 16.3. The van der Waals surface area contributed by atoms with Crippen molar-refractivity contribution in [1.82, 2.24) is 10.2 Å². The van der Waals surface area contributed by atoms with Crippen LogP contribution in [0.25, 0.3) is 0 Å². The highest BCUT2D eigenvalue weighted by Crippen LogP contribution is 2.11. The Kier molecular flexibility index (Phi) is 5.42. The molecule has 2 N–H and O–H groups in total. The van der Waals surface area contributed by atoms with Crippen molar-refractivity contribution in [2.45, 2.75) is 52.1 Å². The molecule has 16 heavy (non-hydrogen) atoms.